The Morgan fingerprint density at radius 3 is 2.70 bits per heavy atom. The minimum absolute atomic E-state index is 0.229. The van der Waals surface area contributed by atoms with Gasteiger partial charge in [0.1, 0.15) is 17.6 Å². The summed E-state index contributed by atoms with van der Waals surface area (Å²) in [5, 5.41) is 12.1. The van der Waals surface area contributed by atoms with Gasteiger partial charge in [0, 0.05) is 12.2 Å². The average Bonchev–Trinajstić information content (AvgIpc) is 2.48. The highest BCUT2D eigenvalue weighted by molar-refractivity contribution is 5.48. The van der Waals surface area contributed by atoms with Crippen LogP contribution in [0.15, 0.2) is 36.4 Å². The van der Waals surface area contributed by atoms with Gasteiger partial charge in [-0.2, -0.15) is 5.26 Å². The SMILES string of the molecule is COc1cc(CNc2ccc(C)c(F)c2)ccc1C#N. The van der Waals surface area contributed by atoms with Gasteiger partial charge in [0.05, 0.1) is 12.7 Å². The van der Waals surface area contributed by atoms with Gasteiger partial charge in [0.25, 0.3) is 0 Å². The van der Waals surface area contributed by atoms with Crippen molar-refractivity contribution in [2.45, 2.75) is 13.5 Å². The fourth-order valence-corrected chi connectivity index (χ4v) is 1.84. The third kappa shape index (κ3) is 3.07. The maximum atomic E-state index is 13.4. The second kappa shape index (κ2) is 6.07. The van der Waals surface area contributed by atoms with E-state index in [1.54, 1.807) is 25.1 Å². The van der Waals surface area contributed by atoms with E-state index in [-0.39, 0.29) is 5.82 Å². The molecule has 0 radical (unpaired) electrons. The lowest BCUT2D eigenvalue weighted by atomic mass is 10.1. The monoisotopic (exact) mass is 270 g/mol. The molecule has 1 N–H and O–H groups in total. The number of anilines is 1. The standard InChI is InChI=1S/C16H15FN2O/c1-11-3-6-14(8-15(11)17)19-10-12-4-5-13(9-18)16(7-12)20-2/h3-8,19H,10H2,1-2H3. The summed E-state index contributed by atoms with van der Waals surface area (Å²) in [6.45, 7) is 2.26. The van der Waals surface area contributed by atoms with Crippen LogP contribution in [0.5, 0.6) is 5.75 Å². The number of ether oxygens (including phenoxy) is 1. The highest BCUT2D eigenvalue weighted by Crippen LogP contribution is 2.20. The number of aryl methyl sites for hydroxylation is 1. The fourth-order valence-electron chi connectivity index (χ4n) is 1.84. The number of nitrogens with zero attached hydrogens (tertiary/aromatic N) is 1. The van der Waals surface area contributed by atoms with E-state index in [2.05, 4.69) is 11.4 Å². The maximum Gasteiger partial charge on any atom is 0.136 e. The predicted octanol–water partition coefficient (Wildman–Crippen LogP) is 3.63. The molecule has 0 heterocycles. The summed E-state index contributed by atoms with van der Waals surface area (Å²) in [5.41, 5.74) is 2.80. The molecule has 0 aliphatic heterocycles. The van der Waals surface area contributed by atoms with Crippen LogP contribution in [0.2, 0.25) is 0 Å². The molecular weight excluding hydrogens is 255 g/mol. The normalized spacial score (nSPS) is 9.90. The van der Waals surface area contributed by atoms with Crippen LogP contribution in [0, 0.1) is 24.1 Å². The van der Waals surface area contributed by atoms with E-state index in [0.717, 1.165) is 11.3 Å². The van der Waals surface area contributed by atoms with Crippen molar-refractivity contribution in [1.29, 1.82) is 5.26 Å². The Kier molecular flexibility index (Phi) is 4.21. The van der Waals surface area contributed by atoms with E-state index in [0.29, 0.717) is 23.4 Å². The molecular formula is C16H15FN2O. The zero-order valence-electron chi connectivity index (χ0n) is 11.4. The van der Waals surface area contributed by atoms with Crippen LogP contribution >= 0.6 is 0 Å². The summed E-state index contributed by atoms with van der Waals surface area (Å²) in [6, 6.07) is 12.5. The van der Waals surface area contributed by atoms with Gasteiger partial charge in [-0.15, -0.1) is 0 Å². The Balaban J connectivity index is 2.11. The molecule has 2 aromatic carbocycles. The molecule has 0 amide bonds. The van der Waals surface area contributed by atoms with E-state index in [1.165, 1.54) is 13.2 Å². The van der Waals surface area contributed by atoms with E-state index in [4.69, 9.17) is 10.00 Å². The Bertz CT molecular complexity index is 662. The van der Waals surface area contributed by atoms with Crippen molar-refractivity contribution in [2.75, 3.05) is 12.4 Å². The summed E-state index contributed by atoms with van der Waals surface area (Å²) in [7, 11) is 1.53. The molecule has 102 valence electrons. The first-order valence-corrected chi connectivity index (χ1v) is 6.21. The highest BCUT2D eigenvalue weighted by Gasteiger charge is 2.04. The van der Waals surface area contributed by atoms with Crippen molar-refractivity contribution in [2.24, 2.45) is 0 Å². The molecule has 20 heavy (non-hydrogen) atoms. The molecule has 3 nitrogen and oxygen atoms in total. The number of hydrogen-bond acceptors (Lipinski definition) is 3. The summed E-state index contributed by atoms with van der Waals surface area (Å²) in [6.07, 6.45) is 0. The van der Waals surface area contributed by atoms with Gasteiger partial charge in [-0.05, 0) is 42.3 Å². The number of nitriles is 1. The molecule has 0 atom stereocenters. The van der Waals surface area contributed by atoms with Gasteiger partial charge in [-0.25, -0.2) is 4.39 Å². The molecule has 0 saturated carbocycles. The van der Waals surface area contributed by atoms with Crippen molar-refractivity contribution in [3.63, 3.8) is 0 Å². The number of nitrogens with one attached hydrogen (secondary N) is 1. The summed E-state index contributed by atoms with van der Waals surface area (Å²) in [4.78, 5) is 0. The van der Waals surface area contributed by atoms with Gasteiger partial charge in [0.15, 0.2) is 0 Å². The molecule has 0 aliphatic rings. The van der Waals surface area contributed by atoms with Gasteiger partial charge >= 0.3 is 0 Å². The van der Waals surface area contributed by atoms with Gasteiger partial charge in [-0.1, -0.05) is 12.1 Å². The van der Waals surface area contributed by atoms with Crippen LogP contribution < -0.4 is 10.1 Å². The summed E-state index contributed by atoms with van der Waals surface area (Å²) < 4.78 is 18.6. The van der Waals surface area contributed by atoms with E-state index < -0.39 is 0 Å². The molecule has 4 heteroatoms. The Morgan fingerprint density at radius 2 is 2.05 bits per heavy atom. The molecule has 0 unspecified atom stereocenters. The molecule has 0 aliphatic carbocycles. The van der Waals surface area contributed by atoms with Crippen LogP contribution in [-0.2, 0) is 6.54 Å². The second-order valence-electron chi connectivity index (χ2n) is 4.46. The third-order valence-corrected chi connectivity index (χ3v) is 3.05. The lowest BCUT2D eigenvalue weighted by molar-refractivity contribution is 0.413. The molecule has 0 aromatic heterocycles. The van der Waals surface area contributed by atoms with Gasteiger partial charge in [0.2, 0.25) is 0 Å². The van der Waals surface area contributed by atoms with Crippen molar-refractivity contribution in [1.82, 2.24) is 0 Å². The molecule has 0 fully saturated rings. The van der Waals surface area contributed by atoms with Gasteiger partial charge in [-0.3, -0.25) is 0 Å². The van der Waals surface area contributed by atoms with E-state index >= 15 is 0 Å². The largest absolute Gasteiger partial charge is 0.495 e. The van der Waals surface area contributed by atoms with Crippen molar-refractivity contribution in [3.8, 4) is 11.8 Å². The Morgan fingerprint density at radius 1 is 1.25 bits per heavy atom. The predicted molar refractivity (Wildman–Crippen MR) is 76.2 cm³/mol. The summed E-state index contributed by atoms with van der Waals surface area (Å²) >= 11 is 0. The van der Waals surface area contributed by atoms with Crippen LogP contribution in [0.4, 0.5) is 10.1 Å². The number of hydrogen-bond donors (Lipinski definition) is 1. The Labute approximate surface area is 117 Å². The number of benzene rings is 2. The van der Waals surface area contributed by atoms with Crippen LogP contribution in [0.25, 0.3) is 0 Å². The number of halogens is 1. The highest BCUT2D eigenvalue weighted by atomic mass is 19.1. The lowest BCUT2D eigenvalue weighted by Gasteiger charge is -2.09. The average molecular weight is 270 g/mol. The quantitative estimate of drug-likeness (QED) is 0.922. The topological polar surface area (TPSA) is 45.0 Å². The van der Waals surface area contributed by atoms with Crippen LogP contribution in [-0.4, -0.2) is 7.11 Å². The smallest absolute Gasteiger partial charge is 0.136 e. The third-order valence-electron chi connectivity index (χ3n) is 3.05. The molecule has 2 rings (SSSR count). The molecule has 0 saturated heterocycles. The molecule has 0 spiro atoms. The molecule has 0 bridgehead atoms. The first-order valence-electron chi connectivity index (χ1n) is 6.21. The van der Waals surface area contributed by atoms with Crippen molar-refractivity contribution in [3.05, 3.63) is 58.9 Å². The number of rotatable bonds is 4. The maximum absolute atomic E-state index is 13.4. The van der Waals surface area contributed by atoms with Crippen LogP contribution in [0.3, 0.4) is 0 Å². The first-order chi connectivity index (χ1) is 9.63. The zero-order valence-corrected chi connectivity index (χ0v) is 11.4. The van der Waals surface area contributed by atoms with Gasteiger partial charge < -0.3 is 10.1 Å². The Hall–Kier alpha value is -2.54. The fraction of sp³-hybridized carbons (Fsp3) is 0.188. The van der Waals surface area contributed by atoms with E-state index in [1.807, 2.05) is 12.1 Å². The van der Waals surface area contributed by atoms with Crippen LogP contribution in [0.1, 0.15) is 16.7 Å². The zero-order chi connectivity index (χ0) is 14.5. The lowest BCUT2D eigenvalue weighted by Crippen LogP contribution is -2.01. The molecule has 2 aromatic rings. The minimum atomic E-state index is -0.229. The first kappa shape index (κ1) is 13.9. The number of methoxy groups -OCH3 is 1. The van der Waals surface area contributed by atoms with Crippen molar-refractivity contribution >= 4 is 5.69 Å². The van der Waals surface area contributed by atoms with E-state index in [9.17, 15) is 4.39 Å². The summed E-state index contributed by atoms with van der Waals surface area (Å²) in [5.74, 6) is 0.314. The second-order valence-corrected chi connectivity index (χ2v) is 4.46. The van der Waals surface area contributed by atoms with Crippen molar-refractivity contribution < 1.29 is 9.13 Å². The minimum Gasteiger partial charge on any atom is -0.495 e.